The Morgan fingerprint density at radius 2 is 2.10 bits per heavy atom. The highest BCUT2D eigenvalue weighted by molar-refractivity contribution is 5.57. The van der Waals surface area contributed by atoms with Crippen LogP contribution in [-0.4, -0.2) is 42.5 Å². The maximum absolute atomic E-state index is 10.6. The third kappa shape index (κ3) is 3.09. The summed E-state index contributed by atoms with van der Waals surface area (Å²) in [6.07, 6.45) is 1.23. The van der Waals surface area contributed by atoms with Crippen LogP contribution in [0.25, 0.3) is 0 Å². The summed E-state index contributed by atoms with van der Waals surface area (Å²) in [6.45, 7) is 5.44. The Kier molecular flexibility index (Phi) is 4.26. The normalized spacial score (nSPS) is 17.6. The fourth-order valence-corrected chi connectivity index (χ4v) is 2.66. The molecule has 1 aromatic rings. The molecule has 2 heterocycles. The molecule has 0 spiro atoms. The van der Waals surface area contributed by atoms with Crippen molar-refractivity contribution in [2.24, 2.45) is 0 Å². The van der Waals surface area contributed by atoms with Gasteiger partial charge >= 0.3 is 0 Å². The summed E-state index contributed by atoms with van der Waals surface area (Å²) in [5.74, 6) is 0.643. The van der Waals surface area contributed by atoms with Crippen molar-refractivity contribution in [3.63, 3.8) is 0 Å². The molecular formula is C15H21N3O2. The second-order valence-electron chi connectivity index (χ2n) is 5.58. The van der Waals surface area contributed by atoms with Gasteiger partial charge in [0.05, 0.1) is 11.2 Å². The van der Waals surface area contributed by atoms with Gasteiger partial charge in [-0.3, -0.25) is 0 Å². The maximum Gasteiger partial charge on any atom is 0.146 e. The number of rotatable bonds is 3. The molecule has 0 bridgehead atoms. The molecule has 20 heavy (non-hydrogen) atoms. The van der Waals surface area contributed by atoms with E-state index in [1.165, 1.54) is 0 Å². The summed E-state index contributed by atoms with van der Waals surface area (Å²) >= 11 is 0. The number of ether oxygens (including phenoxy) is 1. The standard InChI is InChI=1S/C15H21N3O2/c1-11-8-12(2)17-14(13(11)9-16)18(3)10-15(19)4-6-20-7-5-15/h8,19H,4-7,10H2,1-3H3. The SMILES string of the molecule is Cc1cc(C)c(C#N)c(N(C)CC2(O)CCOCC2)n1. The van der Waals surface area contributed by atoms with Gasteiger partial charge in [-0.25, -0.2) is 4.98 Å². The zero-order valence-electron chi connectivity index (χ0n) is 12.3. The zero-order valence-corrected chi connectivity index (χ0v) is 12.3. The van der Waals surface area contributed by atoms with Gasteiger partial charge in [-0.1, -0.05) is 0 Å². The molecule has 1 fully saturated rings. The van der Waals surface area contributed by atoms with Crippen molar-refractivity contribution in [2.45, 2.75) is 32.3 Å². The first-order chi connectivity index (χ1) is 9.45. The minimum atomic E-state index is -0.765. The Balaban J connectivity index is 2.25. The highest BCUT2D eigenvalue weighted by Gasteiger charge is 2.32. The predicted octanol–water partition coefficient (Wildman–Crippen LogP) is 1.55. The smallest absolute Gasteiger partial charge is 0.146 e. The molecule has 108 valence electrons. The number of anilines is 1. The van der Waals surface area contributed by atoms with Crippen molar-refractivity contribution in [2.75, 3.05) is 31.7 Å². The van der Waals surface area contributed by atoms with Crippen molar-refractivity contribution in [1.29, 1.82) is 5.26 Å². The first-order valence-electron chi connectivity index (χ1n) is 6.85. The van der Waals surface area contributed by atoms with Crippen LogP contribution in [0.4, 0.5) is 5.82 Å². The van der Waals surface area contributed by atoms with Crippen molar-refractivity contribution in [1.82, 2.24) is 4.98 Å². The summed E-state index contributed by atoms with van der Waals surface area (Å²) in [5, 5.41) is 19.9. The summed E-state index contributed by atoms with van der Waals surface area (Å²) in [5.41, 5.74) is 1.61. The van der Waals surface area contributed by atoms with E-state index in [2.05, 4.69) is 11.1 Å². The van der Waals surface area contributed by atoms with Crippen molar-refractivity contribution in [3.05, 3.63) is 22.9 Å². The lowest BCUT2D eigenvalue weighted by Crippen LogP contribution is -2.46. The monoisotopic (exact) mass is 275 g/mol. The van der Waals surface area contributed by atoms with Gasteiger partial charge in [-0.05, 0) is 25.5 Å². The number of aromatic nitrogens is 1. The molecule has 0 radical (unpaired) electrons. The molecule has 2 rings (SSSR count). The largest absolute Gasteiger partial charge is 0.388 e. The molecule has 0 unspecified atom stereocenters. The third-order valence-corrected chi connectivity index (χ3v) is 3.75. The number of pyridine rings is 1. The van der Waals surface area contributed by atoms with Crippen LogP contribution in [0.2, 0.25) is 0 Å². The van der Waals surface area contributed by atoms with Gasteiger partial charge in [0.25, 0.3) is 0 Å². The van der Waals surface area contributed by atoms with Crippen LogP contribution < -0.4 is 4.90 Å². The van der Waals surface area contributed by atoms with Crippen molar-refractivity contribution >= 4 is 5.82 Å². The summed E-state index contributed by atoms with van der Waals surface area (Å²) in [7, 11) is 1.87. The number of nitriles is 1. The molecule has 1 aromatic heterocycles. The van der Waals surface area contributed by atoms with Gasteiger partial charge in [-0.15, -0.1) is 0 Å². The minimum absolute atomic E-state index is 0.459. The van der Waals surface area contributed by atoms with Crippen LogP contribution in [0.5, 0.6) is 0 Å². The molecule has 1 N–H and O–H groups in total. The lowest BCUT2D eigenvalue weighted by Gasteiger charge is -2.36. The average molecular weight is 275 g/mol. The van der Waals surface area contributed by atoms with E-state index in [1.807, 2.05) is 31.9 Å². The molecule has 0 aliphatic carbocycles. The van der Waals surface area contributed by atoms with E-state index in [4.69, 9.17) is 4.74 Å². The third-order valence-electron chi connectivity index (χ3n) is 3.75. The van der Waals surface area contributed by atoms with Gasteiger partial charge < -0.3 is 14.7 Å². The summed E-state index contributed by atoms with van der Waals surface area (Å²) in [4.78, 5) is 6.34. The zero-order chi connectivity index (χ0) is 14.8. The van der Waals surface area contributed by atoms with Crippen molar-refractivity contribution in [3.8, 4) is 6.07 Å². The van der Waals surface area contributed by atoms with Crippen LogP contribution in [0.15, 0.2) is 6.07 Å². The maximum atomic E-state index is 10.6. The molecule has 5 heteroatoms. The number of hydrogen-bond donors (Lipinski definition) is 1. The molecule has 0 atom stereocenters. The van der Waals surface area contributed by atoms with E-state index in [-0.39, 0.29) is 0 Å². The Morgan fingerprint density at radius 1 is 1.45 bits per heavy atom. The fourth-order valence-electron chi connectivity index (χ4n) is 2.66. The molecule has 1 saturated heterocycles. The first kappa shape index (κ1) is 14.8. The van der Waals surface area contributed by atoms with Gasteiger partial charge in [0.15, 0.2) is 0 Å². The van der Waals surface area contributed by atoms with Crippen molar-refractivity contribution < 1.29 is 9.84 Å². The van der Waals surface area contributed by atoms with E-state index in [1.54, 1.807) is 0 Å². The van der Waals surface area contributed by atoms with Crippen LogP contribution in [0.1, 0.15) is 29.7 Å². The van der Waals surface area contributed by atoms with Gasteiger partial charge in [0.2, 0.25) is 0 Å². The first-order valence-corrected chi connectivity index (χ1v) is 6.85. The molecular weight excluding hydrogens is 254 g/mol. The van der Waals surface area contributed by atoms with E-state index >= 15 is 0 Å². The molecule has 0 amide bonds. The van der Waals surface area contributed by atoms with Gasteiger partial charge in [0, 0.05) is 45.3 Å². The van der Waals surface area contributed by atoms with Crippen LogP contribution in [-0.2, 0) is 4.74 Å². The Morgan fingerprint density at radius 3 is 2.70 bits per heavy atom. The highest BCUT2D eigenvalue weighted by atomic mass is 16.5. The van der Waals surface area contributed by atoms with Crippen LogP contribution >= 0.6 is 0 Å². The Hall–Kier alpha value is -1.64. The predicted molar refractivity (Wildman–Crippen MR) is 76.7 cm³/mol. The second kappa shape index (κ2) is 5.78. The molecule has 1 aliphatic heterocycles. The number of likely N-dealkylation sites (N-methyl/N-ethyl adjacent to an activating group) is 1. The summed E-state index contributed by atoms with van der Waals surface area (Å²) in [6, 6.07) is 4.11. The summed E-state index contributed by atoms with van der Waals surface area (Å²) < 4.78 is 5.29. The number of nitrogens with zero attached hydrogens (tertiary/aromatic N) is 3. The van der Waals surface area contributed by atoms with E-state index in [0.29, 0.717) is 44.0 Å². The fraction of sp³-hybridized carbons (Fsp3) is 0.600. The average Bonchev–Trinajstić information content (AvgIpc) is 2.38. The van der Waals surface area contributed by atoms with Gasteiger partial charge in [0.1, 0.15) is 11.9 Å². The van der Waals surface area contributed by atoms with E-state index < -0.39 is 5.60 Å². The topological polar surface area (TPSA) is 69.4 Å². The quantitative estimate of drug-likeness (QED) is 0.906. The molecule has 0 aromatic carbocycles. The number of aryl methyl sites for hydroxylation is 2. The lowest BCUT2D eigenvalue weighted by atomic mass is 9.93. The number of aliphatic hydroxyl groups is 1. The lowest BCUT2D eigenvalue weighted by molar-refractivity contribution is -0.0573. The molecule has 0 saturated carbocycles. The van der Waals surface area contributed by atoms with E-state index in [9.17, 15) is 10.4 Å². The minimum Gasteiger partial charge on any atom is -0.388 e. The van der Waals surface area contributed by atoms with Crippen LogP contribution in [0, 0.1) is 25.2 Å². The molecule has 5 nitrogen and oxygen atoms in total. The number of hydrogen-bond acceptors (Lipinski definition) is 5. The highest BCUT2D eigenvalue weighted by Crippen LogP contribution is 2.26. The second-order valence-corrected chi connectivity index (χ2v) is 5.58. The van der Waals surface area contributed by atoms with E-state index in [0.717, 1.165) is 11.3 Å². The van der Waals surface area contributed by atoms with Gasteiger partial charge in [-0.2, -0.15) is 5.26 Å². The molecule has 1 aliphatic rings. The Labute approximate surface area is 119 Å². The van der Waals surface area contributed by atoms with Crippen LogP contribution in [0.3, 0.4) is 0 Å². The Bertz CT molecular complexity index is 531.